The molecule has 1 N–H and O–H groups in total. The number of aryl methyl sites for hydroxylation is 2. The fourth-order valence-corrected chi connectivity index (χ4v) is 1.81. The predicted octanol–water partition coefficient (Wildman–Crippen LogP) is 3.35. The number of nitrogens with one attached hydrogen (secondary N) is 1. The monoisotopic (exact) mass is 252 g/mol. The van der Waals surface area contributed by atoms with Crippen LogP contribution in [0.15, 0.2) is 48.5 Å². The summed E-state index contributed by atoms with van der Waals surface area (Å²) in [4.78, 5) is 16.0. The normalized spacial score (nSPS) is 10.6. The Labute approximate surface area is 113 Å². The molecule has 0 unspecified atom stereocenters. The fraction of sp³-hybridized carbons (Fsp3) is 0.125. The molecule has 0 atom stereocenters. The third-order valence-electron chi connectivity index (χ3n) is 2.58. The first-order chi connectivity index (χ1) is 9.13. The lowest BCUT2D eigenvalue weighted by molar-refractivity contribution is -0.111. The zero-order valence-corrected chi connectivity index (χ0v) is 11.1. The largest absolute Gasteiger partial charge is 0.307 e. The van der Waals surface area contributed by atoms with Gasteiger partial charge >= 0.3 is 0 Å². The molecule has 0 bridgehead atoms. The Kier molecular flexibility index (Phi) is 4.08. The highest BCUT2D eigenvalue weighted by Gasteiger charge is 2.00. The second-order valence-electron chi connectivity index (χ2n) is 4.40. The van der Waals surface area contributed by atoms with Crippen molar-refractivity contribution in [1.82, 2.24) is 4.98 Å². The van der Waals surface area contributed by atoms with Crippen LogP contribution in [0.2, 0.25) is 0 Å². The summed E-state index contributed by atoms with van der Waals surface area (Å²) < 4.78 is 0. The Balaban J connectivity index is 2.03. The van der Waals surface area contributed by atoms with Crippen molar-refractivity contribution in [3.63, 3.8) is 0 Å². The van der Waals surface area contributed by atoms with Crippen molar-refractivity contribution in [3.8, 4) is 0 Å². The van der Waals surface area contributed by atoms with Gasteiger partial charge in [0.25, 0.3) is 0 Å². The Morgan fingerprint density at radius 1 is 1.16 bits per heavy atom. The molecule has 0 spiro atoms. The third-order valence-corrected chi connectivity index (χ3v) is 2.58. The van der Waals surface area contributed by atoms with Gasteiger partial charge in [0.05, 0.1) is 0 Å². The molecule has 0 saturated carbocycles. The molecule has 1 heterocycles. The van der Waals surface area contributed by atoms with E-state index in [2.05, 4.69) is 10.3 Å². The van der Waals surface area contributed by atoms with Crippen LogP contribution in [0.4, 0.5) is 5.82 Å². The van der Waals surface area contributed by atoms with E-state index >= 15 is 0 Å². The van der Waals surface area contributed by atoms with Gasteiger partial charge in [-0.2, -0.15) is 0 Å². The summed E-state index contributed by atoms with van der Waals surface area (Å²) in [5.74, 6) is 0.404. The Morgan fingerprint density at radius 3 is 2.58 bits per heavy atom. The minimum atomic E-state index is -0.179. The summed E-state index contributed by atoms with van der Waals surface area (Å²) in [6, 6.07) is 13.5. The molecule has 0 aliphatic heterocycles. The Hall–Kier alpha value is -2.42. The molecule has 1 aromatic heterocycles. The van der Waals surface area contributed by atoms with E-state index in [0.717, 1.165) is 16.8 Å². The van der Waals surface area contributed by atoms with Crippen LogP contribution in [-0.2, 0) is 4.79 Å². The highest BCUT2D eigenvalue weighted by Crippen LogP contribution is 2.09. The molecule has 3 nitrogen and oxygen atoms in total. The highest BCUT2D eigenvalue weighted by atomic mass is 16.1. The first kappa shape index (κ1) is 13.0. The zero-order valence-electron chi connectivity index (χ0n) is 11.1. The van der Waals surface area contributed by atoms with E-state index in [1.807, 2.05) is 56.3 Å². The van der Waals surface area contributed by atoms with Gasteiger partial charge in [-0.25, -0.2) is 4.98 Å². The number of nitrogens with zero attached hydrogens (tertiary/aromatic N) is 1. The Morgan fingerprint density at radius 2 is 1.89 bits per heavy atom. The maximum absolute atomic E-state index is 11.8. The van der Waals surface area contributed by atoms with Crippen LogP contribution in [0, 0.1) is 13.8 Å². The van der Waals surface area contributed by atoms with Crippen molar-refractivity contribution in [3.05, 3.63) is 65.4 Å². The fourth-order valence-electron chi connectivity index (χ4n) is 1.81. The van der Waals surface area contributed by atoms with Gasteiger partial charge in [0.15, 0.2) is 0 Å². The summed E-state index contributed by atoms with van der Waals surface area (Å²) in [5.41, 5.74) is 2.96. The van der Waals surface area contributed by atoms with Crippen molar-refractivity contribution < 1.29 is 4.79 Å². The average Bonchev–Trinajstić information content (AvgIpc) is 2.36. The van der Waals surface area contributed by atoms with Gasteiger partial charge in [0.1, 0.15) is 5.82 Å². The average molecular weight is 252 g/mol. The van der Waals surface area contributed by atoms with Crippen LogP contribution in [0.1, 0.15) is 16.8 Å². The van der Waals surface area contributed by atoms with E-state index < -0.39 is 0 Å². The van der Waals surface area contributed by atoms with Crippen molar-refractivity contribution in [2.24, 2.45) is 0 Å². The predicted molar refractivity (Wildman–Crippen MR) is 77.8 cm³/mol. The van der Waals surface area contributed by atoms with E-state index in [0.29, 0.717) is 5.82 Å². The first-order valence-electron chi connectivity index (χ1n) is 6.13. The molecule has 0 fully saturated rings. The standard InChI is InChI=1S/C16H16N2O/c1-12-10-13(2)17-15(11-12)18-16(19)9-8-14-6-4-3-5-7-14/h3-11H,1-2H3,(H,17,18,19). The SMILES string of the molecule is Cc1cc(C)nc(NC(=O)C=Cc2ccccc2)c1. The molecule has 0 aliphatic carbocycles. The molecule has 1 amide bonds. The summed E-state index contributed by atoms with van der Waals surface area (Å²) in [6.07, 6.45) is 3.28. The molecule has 2 rings (SSSR count). The summed E-state index contributed by atoms with van der Waals surface area (Å²) in [6.45, 7) is 3.88. The highest BCUT2D eigenvalue weighted by molar-refractivity contribution is 6.01. The lowest BCUT2D eigenvalue weighted by Crippen LogP contribution is -2.09. The molecule has 19 heavy (non-hydrogen) atoms. The molecule has 2 aromatic rings. The summed E-state index contributed by atoms with van der Waals surface area (Å²) >= 11 is 0. The smallest absolute Gasteiger partial charge is 0.249 e. The number of benzene rings is 1. The van der Waals surface area contributed by atoms with Gasteiger partial charge < -0.3 is 5.32 Å². The molecule has 0 saturated heterocycles. The molecular formula is C16H16N2O. The number of rotatable bonds is 3. The van der Waals surface area contributed by atoms with E-state index in [4.69, 9.17) is 0 Å². The van der Waals surface area contributed by atoms with Crippen LogP contribution in [-0.4, -0.2) is 10.9 Å². The van der Waals surface area contributed by atoms with E-state index in [1.165, 1.54) is 6.08 Å². The van der Waals surface area contributed by atoms with Gasteiger partial charge in [-0.3, -0.25) is 4.79 Å². The van der Waals surface area contributed by atoms with Crippen molar-refractivity contribution in [2.45, 2.75) is 13.8 Å². The van der Waals surface area contributed by atoms with Gasteiger partial charge in [0.2, 0.25) is 5.91 Å². The minimum Gasteiger partial charge on any atom is -0.307 e. The molecule has 96 valence electrons. The number of pyridine rings is 1. The Bertz CT molecular complexity index is 583. The molecule has 0 radical (unpaired) electrons. The molecule has 1 aromatic carbocycles. The van der Waals surface area contributed by atoms with Gasteiger partial charge in [0, 0.05) is 11.8 Å². The third kappa shape index (κ3) is 4.07. The van der Waals surface area contributed by atoms with Gasteiger partial charge in [-0.1, -0.05) is 30.3 Å². The lowest BCUT2D eigenvalue weighted by Gasteiger charge is -2.04. The van der Waals surface area contributed by atoms with E-state index in [-0.39, 0.29) is 5.91 Å². The number of carbonyl (C=O) groups excluding carboxylic acids is 1. The zero-order chi connectivity index (χ0) is 13.7. The van der Waals surface area contributed by atoms with E-state index in [1.54, 1.807) is 6.08 Å². The van der Waals surface area contributed by atoms with Crippen LogP contribution in [0.5, 0.6) is 0 Å². The van der Waals surface area contributed by atoms with Gasteiger partial charge in [-0.05, 0) is 43.2 Å². The van der Waals surface area contributed by atoms with Crippen LogP contribution >= 0.6 is 0 Å². The van der Waals surface area contributed by atoms with Gasteiger partial charge in [-0.15, -0.1) is 0 Å². The molecule has 0 aliphatic rings. The topological polar surface area (TPSA) is 42.0 Å². The van der Waals surface area contributed by atoms with Crippen LogP contribution in [0.25, 0.3) is 6.08 Å². The maximum Gasteiger partial charge on any atom is 0.249 e. The quantitative estimate of drug-likeness (QED) is 0.851. The first-order valence-corrected chi connectivity index (χ1v) is 6.13. The van der Waals surface area contributed by atoms with E-state index in [9.17, 15) is 4.79 Å². The molecular weight excluding hydrogens is 236 g/mol. The summed E-state index contributed by atoms with van der Waals surface area (Å²) in [5, 5.41) is 2.76. The lowest BCUT2D eigenvalue weighted by atomic mass is 10.2. The van der Waals surface area contributed by atoms with Crippen LogP contribution in [0.3, 0.4) is 0 Å². The van der Waals surface area contributed by atoms with Crippen molar-refractivity contribution >= 4 is 17.8 Å². The molecule has 3 heteroatoms. The van der Waals surface area contributed by atoms with Crippen molar-refractivity contribution in [1.29, 1.82) is 0 Å². The number of carbonyl (C=O) groups is 1. The number of anilines is 1. The van der Waals surface area contributed by atoms with Crippen molar-refractivity contribution in [2.75, 3.05) is 5.32 Å². The summed E-state index contributed by atoms with van der Waals surface area (Å²) in [7, 11) is 0. The maximum atomic E-state index is 11.8. The number of aromatic nitrogens is 1. The second-order valence-corrected chi connectivity index (χ2v) is 4.40. The number of amides is 1. The number of hydrogen-bond donors (Lipinski definition) is 1. The van der Waals surface area contributed by atoms with Crippen LogP contribution < -0.4 is 5.32 Å². The second kappa shape index (κ2) is 5.96. The minimum absolute atomic E-state index is 0.179. The number of hydrogen-bond acceptors (Lipinski definition) is 2.